The SMILES string of the molecule is Cc1ccc(OC2CCC(NC(=O)NC(C)(C)C)CC2)nc1. The number of carbonyl (C=O) groups is 1. The van der Waals surface area contributed by atoms with Gasteiger partial charge < -0.3 is 15.4 Å². The number of hydrogen-bond acceptors (Lipinski definition) is 3. The summed E-state index contributed by atoms with van der Waals surface area (Å²) < 4.78 is 5.90. The first-order valence-corrected chi connectivity index (χ1v) is 8.00. The number of urea groups is 1. The maximum atomic E-state index is 11.9. The van der Waals surface area contributed by atoms with E-state index in [1.807, 2.05) is 46.0 Å². The highest BCUT2D eigenvalue weighted by atomic mass is 16.5. The van der Waals surface area contributed by atoms with Crippen LogP contribution >= 0.6 is 0 Å². The van der Waals surface area contributed by atoms with Crippen LogP contribution in [0.4, 0.5) is 4.79 Å². The van der Waals surface area contributed by atoms with E-state index in [4.69, 9.17) is 4.74 Å². The summed E-state index contributed by atoms with van der Waals surface area (Å²) in [5, 5.41) is 5.98. The minimum Gasteiger partial charge on any atom is -0.474 e. The normalized spacial score (nSPS) is 22.0. The molecule has 1 aliphatic carbocycles. The molecule has 1 aromatic rings. The van der Waals surface area contributed by atoms with Crippen molar-refractivity contribution < 1.29 is 9.53 Å². The predicted molar refractivity (Wildman–Crippen MR) is 87.1 cm³/mol. The second-order valence-electron chi connectivity index (χ2n) is 7.11. The van der Waals surface area contributed by atoms with Gasteiger partial charge in [-0.2, -0.15) is 0 Å². The van der Waals surface area contributed by atoms with Crippen LogP contribution in [-0.2, 0) is 0 Å². The standard InChI is InChI=1S/C17H27N3O2/c1-12-5-10-15(18-11-12)22-14-8-6-13(7-9-14)19-16(21)20-17(2,3)4/h5,10-11,13-14H,6-9H2,1-4H3,(H2,19,20,21). The van der Waals surface area contributed by atoms with Crippen LogP contribution in [0.3, 0.4) is 0 Å². The van der Waals surface area contributed by atoms with Crippen LogP contribution in [0.2, 0.25) is 0 Å². The van der Waals surface area contributed by atoms with Gasteiger partial charge in [-0.1, -0.05) is 6.07 Å². The molecule has 0 aromatic carbocycles. The molecule has 0 aliphatic heterocycles. The number of rotatable bonds is 3. The summed E-state index contributed by atoms with van der Waals surface area (Å²) in [6, 6.07) is 4.06. The third kappa shape index (κ3) is 5.54. The zero-order chi connectivity index (χ0) is 16.2. The Balaban J connectivity index is 1.73. The first-order chi connectivity index (χ1) is 10.3. The molecule has 0 unspecified atom stereocenters. The summed E-state index contributed by atoms with van der Waals surface area (Å²) >= 11 is 0. The lowest BCUT2D eigenvalue weighted by molar-refractivity contribution is 0.134. The second kappa shape index (κ2) is 6.99. The summed E-state index contributed by atoms with van der Waals surface area (Å²) in [5.41, 5.74) is 0.923. The Morgan fingerprint density at radius 3 is 2.45 bits per heavy atom. The van der Waals surface area contributed by atoms with Gasteiger partial charge in [0.15, 0.2) is 0 Å². The molecule has 5 nitrogen and oxygen atoms in total. The average Bonchev–Trinajstić information content (AvgIpc) is 2.41. The summed E-state index contributed by atoms with van der Waals surface area (Å²) in [7, 11) is 0. The van der Waals surface area contributed by atoms with Gasteiger partial charge in [0.2, 0.25) is 5.88 Å². The van der Waals surface area contributed by atoms with E-state index in [9.17, 15) is 4.79 Å². The molecule has 1 saturated carbocycles. The molecule has 2 rings (SSSR count). The molecule has 0 spiro atoms. The smallest absolute Gasteiger partial charge is 0.315 e. The van der Waals surface area contributed by atoms with Gasteiger partial charge in [-0.25, -0.2) is 9.78 Å². The van der Waals surface area contributed by atoms with Gasteiger partial charge in [-0.05, 0) is 58.9 Å². The van der Waals surface area contributed by atoms with Crippen LogP contribution in [0.1, 0.15) is 52.0 Å². The number of ether oxygens (including phenoxy) is 1. The number of aryl methyl sites for hydroxylation is 1. The van der Waals surface area contributed by atoms with E-state index in [0.717, 1.165) is 31.2 Å². The van der Waals surface area contributed by atoms with E-state index in [1.54, 1.807) is 0 Å². The van der Waals surface area contributed by atoms with E-state index in [-0.39, 0.29) is 23.7 Å². The molecule has 1 heterocycles. The highest BCUT2D eigenvalue weighted by Gasteiger charge is 2.24. The van der Waals surface area contributed by atoms with Crippen molar-refractivity contribution >= 4 is 6.03 Å². The van der Waals surface area contributed by atoms with Crippen molar-refractivity contribution in [2.45, 2.75) is 71.1 Å². The Labute approximate surface area is 132 Å². The summed E-state index contributed by atoms with van der Waals surface area (Å²) in [6.45, 7) is 7.94. The zero-order valence-corrected chi connectivity index (χ0v) is 14.0. The van der Waals surface area contributed by atoms with Crippen molar-refractivity contribution in [1.29, 1.82) is 0 Å². The number of hydrogen-bond donors (Lipinski definition) is 2. The number of amides is 2. The van der Waals surface area contributed by atoms with E-state index < -0.39 is 0 Å². The first kappa shape index (κ1) is 16.6. The van der Waals surface area contributed by atoms with E-state index >= 15 is 0 Å². The monoisotopic (exact) mass is 305 g/mol. The summed E-state index contributed by atoms with van der Waals surface area (Å²) in [5.74, 6) is 0.687. The Morgan fingerprint density at radius 1 is 1.23 bits per heavy atom. The van der Waals surface area contributed by atoms with Crippen LogP contribution in [0, 0.1) is 6.92 Å². The quantitative estimate of drug-likeness (QED) is 0.901. The number of aromatic nitrogens is 1. The van der Waals surface area contributed by atoms with Crippen molar-refractivity contribution in [3.63, 3.8) is 0 Å². The topological polar surface area (TPSA) is 63.2 Å². The molecule has 1 fully saturated rings. The molecule has 0 atom stereocenters. The molecule has 0 radical (unpaired) electrons. The summed E-state index contributed by atoms with van der Waals surface area (Å²) in [4.78, 5) is 16.1. The molecule has 122 valence electrons. The predicted octanol–water partition coefficient (Wildman–Crippen LogP) is 3.18. The minimum absolute atomic E-state index is 0.0860. The summed E-state index contributed by atoms with van der Waals surface area (Å²) in [6.07, 6.45) is 5.77. The van der Waals surface area contributed by atoms with Crippen molar-refractivity contribution in [3.05, 3.63) is 23.9 Å². The molecule has 2 N–H and O–H groups in total. The van der Waals surface area contributed by atoms with Crippen molar-refractivity contribution in [2.75, 3.05) is 0 Å². The molecule has 0 saturated heterocycles. The molecular weight excluding hydrogens is 278 g/mol. The third-order valence-corrected chi connectivity index (χ3v) is 3.67. The molecule has 2 amide bonds. The Kier molecular flexibility index (Phi) is 5.27. The number of pyridine rings is 1. The van der Waals surface area contributed by atoms with Crippen LogP contribution in [0.15, 0.2) is 18.3 Å². The van der Waals surface area contributed by atoms with Crippen LogP contribution < -0.4 is 15.4 Å². The fourth-order valence-corrected chi connectivity index (χ4v) is 2.58. The van der Waals surface area contributed by atoms with Gasteiger partial charge in [0.05, 0.1) is 0 Å². The molecule has 5 heteroatoms. The minimum atomic E-state index is -0.207. The maximum Gasteiger partial charge on any atom is 0.315 e. The van der Waals surface area contributed by atoms with Gasteiger partial charge in [-0.3, -0.25) is 0 Å². The van der Waals surface area contributed by atoms with Crippen molar-refractivity contribution in [3.8, 4) is 5.88 Å². The Hall–Kier alpha value is -1.78. The van der Waals surface area contributed by atoms with E-state index in [0.29, 0.717) is 5.88 Å². The van der Waals surface area contributed by atoms with Gasteiger partial charge in [0, 0.05) is 23.8 Å². The zero-order valence-electron chi connectivity index (χ0n) is 14.0. The van der Waals surface area contributed by atoms with Gasteiger partial charge >= 0.3 is 6.03 Å². The van der Waals surface area contributed by atoms with Gasteiger partial charge in [0.1, 0.15) is 6.10 Å². The fourth-order valence-electron chi connectivity index (χ4n) is 2.58. The van der Waals surface area contributed by atoms with Crippen LogP contribution in [0.5, 0.6) is 5.88 Å². The van der Waals surface area contributed by atoms with Gasteiger partial charge in [0.25, 0.3) is 0 Å². The first-order valence-electron chi connectivity index (χ1n) is 8.00. The van der Waals surface area contributed by atoms with Crippen LogP contribution in [-0.4, -0.2) is 28.7 Å². The van der Waals surface area contributed by atoms with Crippen molar-refractivity contribution in [2.24, 2.45) is 0 Å². The average molecular weight is 305 g/mol. The molecule has 1 aliphatic rings. The molecular formula is C17H27N3O2. The lowest BCUT2D eigenvalue weighted by Gasteiger charge is -2.30. The highest BCUT2D eigenvalue weighted by molar-refractivity contribution is 5.74. The molecule has 0 bridgehead atoms. The Bertz CT molecular complexity index is 486. The Morgan fingerprint density at radius 2 is 1.91 bits per heavy atom. The fraction of sp³-hybridized carbons (Fsp3) is 0.647. The highest BCUT2D eigenvalue weighted by Crippen LogP contribution is 2.23. The largest absolute Gasteiger partial charge is 0.474 e. The van der Waals surface area contributed by atoms with E-state index in [1.165, 1.54) is 0 Å². The maximum absolute atomic E-state index is 11.9. The third-order valence-electron chi connectivity index (χ3n) is 3.67. The van der Waals surface area contributed by atoms with Gasteiger partial charge in [-0.15, -0.1) is 0 Å². The number of nitrogens with zero attached hydrogens (tertiary/aromatic N) is 1. The molecule has 22 heavy (non-hydrogen) atoms. The molecule has 1 aromatic heterocycles. The van der Waals surface area contributed by atoms with Crippen LogP contribution in [0.25, 0.3) is 0 Å². The van der Waals surface area contributed by atoms with E-state index in [2.05, 4.69) is 15.6 Å². The lowest BCUT2D eigenvalue weighted by atomic mass is 9.93. The van der Waals surface area contributed by atoms with Crippen molar-refractivity contribution in [1.82, 2.24) is 15.6 Å². The second-order valence-corrected chi connectivity index (χ2v) is 7.11. The number of nitrogens with one attached hydrogen (secondary N) is 2. The number of carbonyl (C=O) groups excluding carboxylic acids is 1. The lowest BCUT2D eigenvalue weighted by Crippen LogP contribution is -2.50.